The number of aromatic nitrogens is 4. The lowest BCUT2D eigenvalue weighted by Gasteiger charge is -2.07. The van der Waals surface area contributed by atoms with Crippen LogP contribution in [0.15, 0.2) is 47.7 Å². The molecule has 0 saturated carbocycles. The van der Waals surface area contributed by atoms with Crippen LogP contribution >= 0.6 is 0 Å². The molecule has 0 bridgehead atoms. The molecular weight excluding hydrogens is 266 g/mol. The van der Waals surface area contributed by atoms with E-state index in [2.05, 4.69) is 27.5 Å². The molecule has 0 aliphatic heterocycles. The summed E-state index contributed by atoms with van der Waals surface area (Å²) in [6.45, 7) is 2.09. The van der Waals surface area contributed by atoms with E-state index >= 15 is 0 Å². The fourth-order valence-corrected chi connectivity index (χ4v) is 2.25. The van der Waals surface area contributed by atoms with Crippen LogP contribution in [0, 0.1) is 0 Å². The van der Waals surface area contributed by atoms with Crippen LogP contribution in [0.25, 0.3) is 11.0 Å². The number of benzene rings is 1. The Morgan fingerprint density at radius 1 is 1.24 bits per heavy atom. The number of hydrogen-bond acceptors (Lipinski definition) is 4. The van der Waals surface area contributed by atoms with E-state index in [9.17, 15) is 4.79 Å². The Bertz CT molecular complexity index is 791. The average Bonchev–Trinajstić information content (AvgIpc) is 2.89. The van der Waals surface area contributed by atoms with Crippen LogP contribution in [0.3, 0.4) is 0 Å². The third-order valence-corrected chi connectivity index (χ3v) is 3.42. The van der Waals surface area contributed by atoms with Gasteiger partial charge in [-0.2, -0.15) is 5.10 Å². The van der Waals surface area contributed by atoms with Gasteiger partial charge in [0.2, 0.25) is 0 Å². The van der Waals surface area contributed by atoms with Gasteiger partial charge in [0, 0.05) is 26.7 Å². The number of rotatable bonds is 5. The molecule has 3 rings (SSSR count). The lowest BCUT2D eigenvalue weighted by molar-refractivity contribution is 0.581. The lowest BCUT2D eigenvalue weighted by atomic mass is 10.2. The van der Waals surface area contributed by atoms with Gasteiger partial charge in [-0.3, -0.25) is 14.0 Å². The van der Waals surface area contributed by atoms with E-state index in [4.69, 9.17) is 0 Å². The molecule has 1 N–H and O–H groups in total. The minimum absolute atomic E-state index is 0.0467. The van der Waals surface area contributed by atoms with Crippen LogP contribution in [-0.2, 0) is 20.1 Å². The summed E-state index contributed by atoms with van der Waals surface area (Å²) in [7, 11) is 1.78. The number of fused-ring (bicyclic) bond motifs is 1. The Morgan fingerprint density at radius 3 is 2.86 bits per heavy atom. The van der Waals surface area contributed by atoms with Crippen molar-refractivity contribution in [1.29, 1.82) is 0 Å². The maximum atomic E-state index is 12.2. The van der Waals surface area contributed by atoms with Gasteiger partial charge in [-0.25, -0.2) is 4.98 Å². The Kier molecular flexibility index (Phi) is 3.79. The van der Waals surface area contributed by atoms with E-state index in [0.717, 1.165) is 6.54 Å². The Balaban J connectivity index is 1.63. The predicted octanol–water partition coefficient (Wildman–Crippen LogP) is 0.920. The van der Waals surface area contributed by atoms with Gasteiger partial charge in [0.1, 0.15) is 11.7 Å². The monoisotopic (exact) mass is 283 g/mol. The second kappa shape index (κ2) is 5.88. The Hall–Kier alpha value is -2.47. The molecular formula is C15H17N5O. The van der Waals surface area contributed by atoms with Crippen molar-refractivity contribution in [2.45, 2.75) is 13.1 Å². The maximum absolute atomic E-state index is 12.2. The van der Waals surface area contributed by atoms with Crippen molar-refractivity contribution in [1.82, 2.24) is 24.6 Å². The quantitative estimate of drug-likeness (QED) is 0.707. The largest absolute Gasteiger partial charge is 0.311 e. The molecule has 0 atom stereocenters. The van der Waals surface area contributed by atoms with Gasteiger partial charge in [0.05, 0.1) is 6.20 Å². The first kappa shape index (κ1) is 13.5. The summed E-state index contributed by atoms with van der Waals surface area (Å²) in [5, 5.41) is 7.94. The molecule has 0 amide bonds. The summed E-state index contributed by atoms with van der Waals surface area (Å²) in [5.74, 6) is 0. The highest BCUT2D eigenvalue weighted by Crippen LogP contribution is 2.02. The fraction of sp³-hybridized carbons (Fsp3) is 0.267. The van der Waals surface area contributed by atoms with E-state index in [1.165, 1.54) is 5.56 Å². The summed E-state index contributed by atoms with van der Waals surface area (Å²) < 4.78 is 3.22. The van der Waals surface area contributed by atoms with Gasteiger partial charge >= 0.3 is 0 Å². The van der Waals surface area contributed by atoms with Crippen molar-refractivity contribution in [2.75, 3.05) is 6.54 Å². The molecule has 2 heterocycles. The minimum Gasteiger partial charge on any atom is -0.311 e. The molecule has 0 unspecified atom stereocenters. The van der Waals surface area contributed by atoms with E-state index < -0.39 is 0 Å². The summed E-state index contributed by atoms with van der Waals surface area (Å²) in [6, 6.07) is 10.2. The van der Waals surface area contributed by atoms with E-state index in [1.54, 1.807) is 28.8 Å². The number of hydrogen-bond donors (Lipinski definition) is 1. The number of aryl methyl sites for hydroxylation is 1. The van der Waals surface area contributed by atoms with Crippen LogP contribution in [-0.4, -0.2) is 25.9 Å². The van der Waals surface area contributed by atoms with Crippen LogP contribution in [0.2, 0.25) is 0 Å². The molecule has 1 aromatic carbocycles. The SMILES string of the molecule is Cn1ncc2c(=O)n(CCNCc3ccccc3)cnc21. The standard InChI is InChI=1S/C15H17N5O/c1-19-14-13(10-18-19)15(21)20(11-17-14)8-7-16-9-12-5-3-2-4-6-12/h2-6,10-11,16H,7-9H2,1H3. The third kappa shape index (κ3) is 2.85. The summed E-state index contributed by atoms with van der Waals surface area (Å²) >= 11 is 0. The van der Waals surface area contributed by atoms with Gasteiger partial charge < -0.3 is 5.32 Å². The van der Waals surface area contributed by atoms with Gasteiger partial charge in [-0.05, 0) is 5.56 Å². The highest BCUT2D eigenvalue weighted by atomic mass is 16.1. The maximum Gasteiger partial charge on any atom is 0.264 e. The van der Waals surface area contributed by atoms with Crippen LogP contribution in [0.1, 0.15) is 5.56 Å². The highest BCUT2D eigenvalue weighted by molar-refractivity contribution is 5.72. The number of nitrogens with zero attached hydrogens (tertiary/aromatic N) is 4. The Labute approximate surface area is 122 Å². The predicted molar refractivity (Wildman–Crippen MR) is 80.9 cm³/mol. The molecule has 6 heteroatoms. The van der Waals surface area contributed by atoms with Crippen molar-refractivity contribution >= 4 is 11.0 Å². The molecule has 3 aromatic rings. The van der Waals surface area contributed by atoms with Crippen LogP contribution in [0.5, 0.6) is 0 Å². The molecule has 0 aliphatic carbocycles. The molecule has 0 saturated heterocycles. The minimum atomic E-state index is -0.0467. The second-order valence-electron chi connectivity index (χ2n) is 4.91. The van der Waals surface area contributed by atoms with Crippen LogP contribution < -0.4 is 10.9 Å². The van der Waals surface area contributed by atoms with Crippen LogP contribution in [0.4, 0.5) is 0 Å². The fourth-order valence-electron chi connectivity index (χ4n) is 2.25. The summed E-state index contributed by atoms with van der Waals surface area (Å²) in [4.78, 5) is 16.5. The smallest absolute Gasteiger partial charge is 0.264 e. The summed E-state index contributed by atoms with van der Waals surface area (Å²) in [6.07, 6.45) is 3.15. The first-order valence-corrected chi connectivity index (χ1v) is 6.87. The molecule has 21 heavy (non-hydrogen) atoms. The van der Waals surface area contributed by atoms with Gasteiger partial charge in [-0.1, -0.05) is 30.3 Å². The first-order chi connectivity index (χ1) is 10.3. The van der Waals surface area contributed by atoms with Crippen molar-refractivity contribution < 1.29 is 0 Å². The van der Waals surface area contributed by atoms with Gasteiger partial charge in [0.25, 0.3) is 5.56 Å². The normalized spacial score (nSPS) is 11.1. The zero-order valence-electron chi connectivity index (χ0n) is 11.9. The highest BCUT2D eigenvalue weighted by Gasteiger charge is 2.07. The Morgan fingerprint density at radius 2 is 2.05 bits per heavy atom. The lowest BCUT2D eigenvalue weighted by Crippen LogP contribution is -2.27. The van der Waals surface area contributed by atoms with Crippen molar-refractivity contribution in [2.24, 2.45) is 7.05 Å². The summed E-state index contributed by atoms with van der Waals surface area (Å²) in [5.41, 5.74) is 1.80. The van der Waals surface area contributed by atoms with Crippen molar-refractivity contribution in [3.63, 3.8) is 0 Å². The van der Waals surface area contributed by atoms with Gasteiger partial charge in [-0.15, -0.1) is 0 Å². The second-order valence-corrected chi connectivity index (χ2v) is 4.91. The van der Waals surface area contributed by atoms with E-state index in [1.807, 2.05) is 18.2 Å². The molecule has 0 aliphatic rings. The topological polar surface area (TPSA) is 64.7 Å². The zero-order chi connectivity index (χ0) is 14.7. The molecule has 0 spiro atoms. The van der Waals surface area contributed by atoms with E-state index in [0.29, 0.717) is 24.1 Å². The molecule has 2 aromatic heterocycles. The molecule has 108 valence electrons. The zero-order valence-corrected chi connectivity index (χ0v) is 11.9. The first-order valence-electron chi connectivity index (χ1n) is 6.87. The van der Waals surface area contributed by atoms with E-state index in [-0.39, 0.29) is 5.56 Å². The molecule has 0 fully saturated rings. The van der Waals surface area contributed by atoms with Crippen molar-refractivity contribution in [3.8, 4) is 0 Å². The molecule has 6 nitrogen and oxygen atoms in total. The molecule has 0 radical (unpaired) electrons. The third-order valence-electron chi connectivity index (χ3n) is 3.42. The van der Waals surface area contributed by atoms with Gasteiger partial charge in [0.15, 0.2) is 5.65 Å². The average molecular weight is 283 g/mol. The number of nitrogens with one attached hydrogen (secondary N) is 1. The van der Waals surface area contributed by atoms with Crippen molar-refractivity contribution in [3.05, 3.63) is 58.8 Å².